The highest BCUT2D eigenvalue weighted by molar-refractivity contribution is 4.80. The highest BCUT2D eigenvalue weighted by atomic mass is 16.5. The van der Waals surface area contributed by atoms with Gasteiger partial charge in [-0.3, -0.25) is 4.90 Å². The van der Waals surface area contributed by atoms with Crippen LogP contribution in [0.5, 0.6) is 0 Å². The van der Waals surface area contributed by atoms with Gasteiger partial charge in [-0.05, 0) is 38.8 Å². The first-order valence-corrected chi connectivity index (χ1v) is 6.59. The molecular weight excluding hydrogens is 200 g/mol. The summed E-state index contributed by atoms with van der Waals surface area (Å²) in [6.45, 7) is 11.2. The lowest BCUT2D eigenvalue weighted by Gasteiger charge is -2.30. The Bertz CT molecular complexity index is 185. The van der Waals surface area contributed by atoms with Crippen molar-refractivity contribution >= 4 is 0 Å². The minimum atomic E-state index is 0.541. The lowest BCUT2D eigenvalue weighted by atomic mass is 10.0. The minimum Gasteiger partial charge on any atom is -0.383 e. The smallest absolute Gasteiger partial charge is 0.0615 e. The fourth-order valence-electron chi connectivity index (χ4n) is 2.50. The third-order valence-electron chi connectivity index (χ3n) is 3.30. The van der Waals surface area contributed by atoms with Crippen LogP contribution in [-0.2, 0) is 4.74 Å². The molecule has 2 unspecified atom stereocenters. The molecule has 0 amide bonds. The van der Waals surface area contributed by atoms with Gasteiger partial charge in [-0.25, -0.2) is 0 Å². The van der Waals surface area contributed by atoms with Gasteiger partial charge in [-0.2, -0.15) is 0 Å². The fraction of sp³-hybridized carbons (Fsp3) is 1.00. The van der Waals surface area contributed by atoms with Crippen LogP contribution in [0.1, 0.15) is 33.6 Å². The van der Waals surface area contributed by atoms with E-state index in [4.69, 9.17) is 4.74 Å². The van der Waals surface area contributed by atoms with Crippen LogP contribution in [0.4, 0.5) is 0 Å². The maximum atomic E-state index is 5.25. The van der Waals surface area contributed by atoms with Crippen molar-refractivity contribution in [1.82, 2.24) is 10.2 Å². The van der Waals surface area contributed by atoms with E-state index < -0.39 is 0 Å². The number of methoxy groups -OCH3 is 1. The first-order chi connectivity index (χ1) is 7.63. The Morgan fingerprint density at radius 3 is 2.75 bits per heavy atom. The molecule has 3 heteroatoms. The van der Waals surface area contributed by atoms with Gasteiger partial charge in [0.2, 0.25) is 0 Å². The zero-order valence-electron chi connectivity index (χ0n) is 11.3. The van der Waals surface area contributed by atoms with E-state index in [9.17, 15) is 0 Å². The second kappa shape index (κ2) is 7.25. The molecule has 1 fully saturated rings. The van der Waals surface area contributed by atoms with E-state index in [0.29, 0.717) is 12.1 Å². The molecule has 0 saturated carbocycles. The van der Waals surface area contributed by atoms with E-state index in [1.54, 1.807) is 7.11 Å². The monoisotopic (exact) mass is 228 g/mol. The van der Waals surface area contributed by atoms with Gasteiger partial charge in [0, 0.05) is 25.7 Å². The fourth-order valence-corrected chi connectivity index (χ4v) is 2.50. The van der Waals surface area contributed by atoms with Crippen LogP contribution in [0.3, 0.4) is 0 Å². The molecule has 1 rings (SSSR count). The first-order valence-electron chi connectivity index (χ1n) is 6.59. The summed E-state index contributed by atoms with van der Waals surface area (Å²) in [5.41, 5.74) is 0. The Morgan fingerprint density at radius 2 is 2.12 bits per heavy atom. The first kappa shape index (κ1) is 13.9. The Labute approximate surface area is 101 Å². The normalized spacial score (nSPS) is 25.7. The molecule has 0 aliphatic carbocycles. The van der Waals surface area contributed by atoms with E-state index in [2.05, 4.69) is 31.0 Å². The van der Waals surface area contributed by atoms with Crippen LogP contribution < -0.4 is 5.32 Å². The van der Waals surface area contributed by atoms with Gasteiger partial charge in [0.15, 0.2) is 0 Å². The maximum Gasteiger partial charge on any atom is 0.0615 e. The molecule has 0 aromatic rings. The molecule has 1 aliphatic heterocycles. The maximum absolute atomic E-state index is 5.25. The zero-order valence-corrected chi connectivity index (χ0v) is 11.3. The van der Waals surface area contributed by atoms with Gasteiger partial charge in [0.05, 0.1) is 6.61 Å². The summed E-state index contributed by atoms with van der Waals surface area (Å²) in [5, 5.41) is 3.66. The lowest BCUT2D eigenvalue weighted by Crippen LogP contribution is -2.43. The molecule has 96 valence electrons. The summed E-state index contributed by atoms with van der Waals surface area (Å²) >= 11 is 0. The van der Waals surface area contributed by atoms with Crippen molar-refractivity contribution in [1.29, 1.82) is 0 Å². The molecule has 2 atom stereocenters. The Balaban J connectivity index is 2.44. The Hall–Kier alpha value is -0.120. The van der Waals surface area contributed by atoms with Crippen LogP contribution >= 0.6 is 0 Å². The Morgan fingerprint density at radius 1 is 1.38 bits per heavy atom. The van der Waals surface area contributed by atoms with Crippen molar-refractivity contribution in [3.63, 3.8) is 0 Å². The largest absolute Gasteiger partial charge is 0.383 e. The van der Waals surface area contributed by atoms with Gasteiger partial charge in [0.25, 0.3) is 0 Å². The van der Waals surface area contributed by atoms with Crippen molar-refractivity contribution < 1.29 is 4.74 Å². The van der Waals surface area contributed by atoms with E-state index >= 15 is 0 Å². The predicted molar refractivity (Wildman–Crippen MR) is 68.8 cm³/mol. The van der Waals surface area contributed by atoms with Crippen LogP contribution in [0.2, 0.25) is 0 Å². The molecule has 16 heavy (non-hydrogen) atoms. The molecule has 0 spiro atoms. The number of nitrogens with zero attached hydrogens (tertiary/aromatic N) is 1. The average molecular weight is 228 g/mol. The van der Waals surface area contributed by atoms with Gasteiger partial charge in [-0.15, -0.1) is 0 Å². The molecule has 1 heterocycles. The van der Waals surface area contributed by atoms with Gasteiger partial charge < -0.3 is 10.1 Å². The number of rotatable bonds is 5. The second-order valence-corrected chi connectivity index (χ2v) is 5.43. The standard InChI is InChI=1S/C13H28N2O/c1-11(2)8-13-9-15(7-5-6-14-13)12(3)10-16-4/h11-14H,5-10H2,1-4H3. The third kappa shape index (κ3) is 4.81. The minimum absolute atomic E-state index is 0.541. The van der Waals surface area contributed by atoms with Crippen molar-refractivity contribution in [2.24, 2.45) is 5.92 Å². The van der Waals surface area contributed by atoms with E-state index in [1.165, 1.54) is 25.9 Å². The van der Waals surface area contributed by atoms with Gasteiger partial charge in [-0.1, -0.05) is 13.8 Å². The van der Waals surface area contributed by atoms with E-state index in [-0.39, 0.29) is 0 Å². The topological polar surface area (TPSA) is 24.5 Å². The molecule has 1 saturated heterocycles. The zero-order chi connectivity index (χ0) is 12.0. The summed E-state index contributed by atoms with van der Waals surface area (Å²) in [7, 11) is 1.79. The summed E-state index contributed by atoms with van der Waals surface area (Å²) < 4.78 is 5.25. The summed E-state index contributed by atoms with van der Waals surface area (Å²) in [4.78, 5) is 2.57. The van der Waals surface area contributed by atoms with Crippen LogP contribution in [0, 0.1) is 5.92 Å². The summed E-state index contributed by atoms with van der Waals surface area (Å²) in [5.74, 6) is 0.773. The van der Waals surface area contributed by atoms with Crippen molar-refractivity contribution in [3.8, 4) is 0 Å². The molecule has 0 bridgehead atoms. The number of hydrogen-bond acceptors (Lipinski definition) is 3. The van der Waals surface area contributed by atoms with E-state index in [1.807, 2.05) is 0 Å². The summed E-state index contributed by atoms with van der Waals surface area (Å²) in [6.07, 6.45) is 2.53. The molecule has 3 nitrogen and oxygen atoms in total. The summed E-state index contributed by atoms with van der Waals surface area (Å²) in [6, 6.07) is 1.20. The average Bonchev–Trinajstić information content (AvgIpc) is 2.43. The predicted octanol–water partition coefficient (Wildman–Crippen LogP) is 1.73. The highest BCUT2D eigenvalue weighted by Crippen LogP contribution is 2.12. The van der Waals surface area contributed by atoms with Crippen molar-refractivity contribution in [2.75, 3.05) is 33.4 Å². The van der Waals surface area contributed by atoms with Gasteiger partial charge >= 0.3 is 0 Å². The van der Waals surface area contributed by atoms with E-state index in [0.717, 1.165) is 19.1 Å². The van der Waals surface area contributed by atoms with Crippen LogP contribution in [-0.4, -0.2) is 50.3 Å². The van der Waals surface area contributed by atoms with Crippen molar-refractivity contribution in [3.05, 3.63) is 0 Å². The molecule has 0 aromatic carbocycles. The molecule has 1 N–H and O–H groups in total. The number of nitrogens with one attached hydrogen (secondary N) is 1. The SMILES string of the molecule is COCC(C)N1CCCNC(CC(C)C)C1. The quantitative estimate of drug-likeness (QED) is 0.775. The second-order valence-electron chi connectivity index (χ2n) is 5.43. The molecule has 0 aromatic heterocycles. The van der Waals surface area contributed by atoms with Crippen LogP contribution in [0.15, 0.2) is 0 Å². The van der Waals surface area contributed by atoms with Crippen molar-refractivity contribution in [2.45, 2.75) is 45.7 Å². The highest BCUT2D eigenvalue weighted by Gasteiger charge is 2.21. The number of hydrogen-bond donors (Lipinski definition) is 1. The number of ether oxygens (including phenoxy) is 1. The molecule has 0 radical (unpaired) electrons. The lowest BCUT2D eigenvalue weighted by molar-refractivity contribution is 0.0965. The van der Waals surface area contributed by atoms with Gasteiger partial charge in [0.1, 0.15) is 0 Å². The third-order valence-corrected chi connectivity index (χ3v) is 3.30. The molecular formula is C13H28N2O. The molecule has 1 aliphatic rings. The van der Waals surface area contributed by atoms with Crippen LogP contribution in [0.25, 0.3) is 0 Å². The Kier molecular flexibility index (Phi) is 6.32.